The van der Waals surface area contributed by atoms with E-state index in [1.54, 1.807) is 0 Å². The van der Waals surface area contributed by atoms with E-state index >= 15 is 0 Å². The molecular formula is C20H28ClIN4O3. The van der Waals surface area contributed by atoms with Crippen LogP contribution in [0.15, 0.2) is 21.6 Å². The van der Waals surface area contributed by atoms with Gasteiger partial charge >= 0.3 is 0 Å². The molecule has 0 fully saturated rings. The summed E-state index contributed by atoms with van der Waals surface area (Å²) < 4.78 is 16.6. The number of nitrogens with one attached hydrogen (secondary N) is 2. The van der Waals surface area contributed by atoms with Crippen LogP contribution >= 0.6 is 35.6 Å². The summed E-state index contributed by atoms with van der Waals surface area (Å²) in [6.07, 6.45) is 1.65. The lowest BCUT2D eigenvalue weighted by Gasteiger charge is -2.20. The molecule has 1 aliphatic heterocycles. The number of fused-ring (bicyclic) bond motifs is 1. The number of hydrogen-bond donors (Lipinski definition) is 2. The highest BCUT2D eigenvalue weighted by Gasteiger charge is 2.17. The summed E-state index contributed by atoms with van der Waals surface area (Å²) in [5.74, 6) is 2.92. The topological polar surface area (TPSA) is 80.9 Å². The summed E-state index contributed by atoms with van der Waals surface area (Å²) in [5.41, 5.74) is 3.05. The molecule has 0 bridgehead atoms. The maximum Gasteiger partial charge on any atom is 0.191 e. The Kier molecular flexibility index (Phi) is 9.35. The van der Waals surface area contributed by atoms with Crippen molar-refractivity contribution >= 4 is 41.5 Å². The number of nitrogens with zero attached hydrogens (tertiary/aromatic N) is 2. The van der Waals surface area contributed by atoms with E-state index in [9.17, 15) is 0 Å². The Morgan fingerprint density at radius 1 is 1.14 bits per heavy atom. The van der Waals surface area contributed by atoms with Crippen LogP contribution in [0.1, 0.15) is 43.4 Å². The third kappa shape index (κ3) is 5.91. The Morgan fingerprint density at radius 2 is 1.93 bits per heavy atom. The van der Waals surface area contributed by atoms with Crippen molar-refractivity contribution in [3.8, 4) is 11.5 Å². The summed E-state index contributed by atoms with van der Waals surface area (Å²) in [5, 5.41) is 11.3. The van der Waals surface area contributed by atoms with E-state index in [1.807, 2.05) is 19.1 Å². The molecule has 3 rings (SSSR count). The van der Waals surface area contributed by atoms with Gasteiger partial charge in [-0.2, -0.15) is 0 Å². The molecule has 7 nitrogen and oxygen atoms in total. The van der Waals surface area contributed by atoms with Crippen molar-refractivity contribution in [2.75, 3.05) is 19.8 Å². The van der Waals surface area contributed by atoms with Crippen LogP contribution in [0.5, 0.6) is 11.5 Å². The maximum atomic E-state index is 6.32. The third-order valence-electron chi connectivity index (χ3n) is 4.46. The van der Waals surface area contributed by atoms with Crippen LogP contribution in [-0.4, -0.2) is 30.9 Å². The number of aryl methyl sites for hydroxylation is 2. The Hall–Kier alpha value is -1.68. The number of aliphatic imine (C=N–C) groups is 1. The van der Waals surface area contributed by atoms with Crippen LogP contribution in [0.25, 0.3) is 0 Å². The number of aromatic nitrogens is 1. The molecule has 2 N–H and O–H groups in total. The average Bonchev–Trinajstić information content (AvgIpc) is 3.12. The quantitative estimate of drug-likeness (QED) is 0.316. The molecular weight excluding hydrogens is 507 g/mol. The van der Waals surface area contributed by atoms with Gasteiger partial charge in [0.15, 0.2) is 17.5 Å². The SMILES string of the molecule is CCNC(=NCc1cc(Cl)c2c(c1)OCCO2)NCc1c(CC)noc1CC.I. The largest absolute Gasteiger partial charge is 0.486 e. The highest BCUT2D eigenvalue weighted by atomic mass is 127. The number of hydrogen-bond acceptors (Lipinski definition) is 5. The number of rotatable bonds is 7. The van der Waals surface area contributed by atoms with Crippen molar-refractivity contribution in [3.63, 3.8) is 0 Å². The predicted molar refractivity (Wildman–Crippen MR) is 125 cm³/mol. The number of ether oxygens (including phenoxy) is 2. The average molecular weight is 535 g/mol. The molecule has 2 heterocycles. The van der Waals surface area contributed by atoms with Gasteiger partial charge in [0.05, 0.1) is 17.3 Å². The molecule has 1 aliphatic rings. The molecule has 0 saturated carbocycles. The standard InChI is InChI=1S/C20H27ClN4O3.HI/c1-4-16-14(17(5-2)28-25-16)12-24-20(22-6-3)23-11-13-9-15(21)19-18(10-13)26-7-8-27-19;/h9-10H,4-8,11-12H2,1-3H3,(H2,22,23,24);1H. The monoisotopic (exact) mass is 534 g/mol. The minimum absolute atomic E-state index is 0. The molecule has 9 heteroatoms. The molecule has 0 aliphatic carbocycles. The molecule has 0 spiro atoms. The van der Waals surface area contributed by atoms with Crippen molar-refractivity contribution in [1.82, 2.24) is 15.8 Å². The number of benzene rings is 1. The van der Waals surface area contributed by atoms with Crippen LogP contribution in [0.2, 0.25) is 5.02 Å². The van der Waals surface area contributed by atoms with Gasteiger partial charge < -0.3 is 24.6 Å². The first kappa shape index (κ1) is 23.6. The van der Waals surface area contributed by atoms with Crippen molar-refractivity contribution in [1.29, 1.82) is 0 Å². The lowest BCUT2D eigenvalue weighted by molar-refractivity contribution is 0.171. The molecule has 0 unspecified atom stereocenters. The van der Waals surface area contributed by atoms with Crippen LogP contribution in [0.3, 0.4) is 0 Å². The van der Waals surface area contributed by atoms with Crippen molar-refractivity contribution < 1.29 is 14.0 Å². The summed E-state index contributed by atoms with van der Waals surface area (Å²) in [6, 6.07) is 3.80. The van der Waals surface area contributed by atoms with Crippen molar-refractivity contribution in [3.05, 3.63) is 39.7 Å². The van der Waals surface area contributed by atoms with E-state index in [0.717, 1.165) is 47.9 Å². The summed E-state index contributed by atoms with van der Waals surface area (Å²) >= 11 is 6.32. The van der Waals surface area contributed by atoms with E-state index in [4.69, 9.17) is 25.6 Å². The smallest absolute Gasteiger partial charge is 0.191 e. The second-order valence-corrected chi connectivity index (χ2v) is 6.80. The Labute approximate surface area is 193 Å². The number of guanidine groups is 1. The second kappa shape index (κ2) is 11.5. The third-order valence-corrected chi connectivity index (χ3v) is 4.74. The lowest BCUT2D eigenvalue weighted by atomic mass is 10.1. The fraction of sp³-hybridized carbons (Fsp3) is 0.500. The molecule has 0 amide bonds. The number of halogens is 2. The van der Waals surface area contributed by atoms with E-state index in [0.29, 0.717) is 42.8 Å². The van der Waals surface area contributed by atoms with Crippen LogP contribution < -0.4 is 20.1 Å². The van der Waals surface area contributed by atoms with Gasteiger partial charge in [0.25, 0.3) is 0 Å². The molecule has 1 aromatic heterocycles. The van der Waals surface area contributed by atoms with E-state index in [1.165, 1.54) is 0 Å². The zero-order chi connectivity index (χ0) is 19.9. The van der Waals surface area contributed by atoms with E-state index < -0.39 is 0 Å². The van der Waals surface area contributed by atoms with Gasteiger partial charge in [0.2, 0.25) is 0 Å². The fourth-order valence-electron chi connectivity index (χ4n) is 3.08. The van der Waals surface area contributed by atoms with Gasteiger partial charge in [-0.3, -0.25) is 0 Å². The van der Waals surface area contributed by atoms with Crippen molar-refractivity contribution in [2.45, 2.75) is 46.7 Å². The first-order valence-electron chi connectivity index (χ1n) is 9.72. The van der Waals surface area contributed by atoms with Gasteiger partial charge in [-0.15, -0.1) is 24.0 Å². The fourth-order valence-corrected chi connectivity index (χ4v) is 3.37. The highest BCUT2D eigenvalue weighted by Crippen LogP contribution is 2.38. The minimum Gasteiger partial charge on any atom is -0.486 e. The zero-order valence-corrected chi connectivity index (χ0v) is 20.1. The van der Waals surface area contributed by atoms with Gasteiger partial charge in [0.1, 0.15) is 19.0 Å². The summed E-state index contributed by atoms with van der Waals surface area (Å²) in [4.78, 5) is 4.67. The molecule has 2 aromatic rings. The summed E-state index contributed by atoms with van der Waals surface area (Å²) in [7, 11) is 0. The predicted octanol–water partition coefficient (Wildman–Crippen LogP) is 4.10. The molecule has 0 radical (unpaired) electrons. The molecule has 1 aromatic carbocycles. The minimum atomic E-state index is 0. The van der Waals surface area contributed by atoms with Crippen molar-refractivity contribution in [2.24, 2.45) is 4.99 Å². The van der Waals surface area contributed by atoms with Gasteiger partial charge in [-0.1, -0.05) is 30.6 Å². The van der Waals surface area contributed by atoms with Gasteiger partial charge in [-0.25, -0.2) is 4.99 Å². The van der Waals surface area contributed by atoms with E-state index in [-0.39, 0.29) is 24.0 Å². The molecule has 0 atom stereocenters. The first-order chi connectivity index (χ1) is 13.7. The zero-order valence-electron chi connectivity index (χ0n) is 17.0. The summed E-state index contributed by atoms with van der Waals surface area (Å²) in [6.45, 7) is 9.06. The van der Waals surface area contributed by atoms with Gasteiger partial charge in [0, 0.05) is 25.1 Å². The van der Waals surface area contributed by atoms with E-state index in [2.05, 4.69) is 34.6 Å². The van der Waals surface area contributed by atoms with Crippen LogP contribution in [0.4, 0.5) is 0 Å². The Bertz CT molecular complexity index is 820. The molecule has 160 valence electrons. The lowest BCUT2D eigenvalue weighted by Crippen LogP contribution is -2.37. The first-order valence-corrected chi connectivity index (χ1v) is 10.1. The molecule has 29 heavy (non-hydrogen) atoms. The maximum absolute atomic E-state index is 6.32. The van der Waals surface area contributed by atoms with Crippen LogP contribution in [0, 0.1) is 0 Å². The van der Waals surface area contributed by atoms with Crippen LogP contribution in [-0.2, 0) is 25.9 Å². The Morgan fingerprint density at radius 3 is 2.66 bits per heavy atom. The van der Waals surface area contributed by atoms with Gasteiger partial charge in [-0.05, 0) is 31.0 Å². The molecule has 0 saturated heterocycles. The normalized spacial score (nSPS) is 13.0. The Balaban J connectivity index is 0.00000300. The highest BCUT2D eigenvalue weighted by molar-refractivity contribution is 14.0. The second-order valence-electron chi connectivity index (χ2n) is 6.39.